The molecule has 1 amide bonds. The number of amides is 1. The first kappa shape index (κ1) is 16.7. The van der Waals surface area contributed by atoms with Crippen molar-refractivity contribution in [1.82, 2.24) is 25.5 Å². The normalized spacial score (nSPS) is 11.8. The van der Waals surface area contributed by atoms with E-state index in [2.05, 4.69) is 20.8 Å². The van der Waals surface area contributed by atoms with Crippen molar-refractivity contribution in [3.05, 3.63) is 30.1 Å². The molecule has 8 nitrogen and oxygen atoms in total. The number of rotatable bonds is 8. The van der Waals surface area contributed by atoms with Gasteiger partial charge in [0, 0.05) is 0 Å². The minimum absolute atomic E-state index is 0.0761. The Hall–Kier alpha value is -2.64. The van der Waals surface area contributed by atoms with E-state index in [4.69, 9.17) is 9.47 Å². The molecule has 0 bridgehead atoms. The van der Waals surface area contributed by atoms with E-state index in [1.807, 2.05) is 39.0 Å². The second-order valence-corrected chi connectivity index (χ2v) is 4.87. The third-order valence-corrected chi connectivity index (χ3v) is 3.14. The first-order valence-electron chi connectivity index (χ1n) is 7.53. The van der Waals surface area contributed by atoms with Crippen LogP contribution in [-0.2, 0) is 11.3 Å². The number of aromatic nitrogens is 4. The SMILES string of the molecule is CCOc1ccc(C(C)NC(=O)Cn2cnnn2)cc1OCC. The summed E-state index contributed by atoms with van der Waals surface area (Å²) in [6.45, 7) is 6.93. The second-order valence-electron chi connectivity index (χ2n) is 4.87. The molecule has 0 fully saturated rings. The first-order valence-corrected chi connectivity index (χ1v) is 7.53. The number of tetrazole rings is 1. The van der Waals surface area contributed by atoms with Crippen LogP contribution in [0.4, 0.5) is 0 Å². The van der Waals surface area contributed by atoms with Gasteiger partial charge in [-0.25, -0.2) is 4.68 Å². The minimum atomic E-state index is -0.172. The van der Waals surface area contributed by atoms with Crippen molar-refractivity contribution in [3.8, 4) is 11.5 Å². The van der Waals surface area contributed by atoms with Gasteiger partial charge in [0.15, 0.2) is 11.5 Å². The number of ether oxygens (including phenoxy) is 2. The predicted molar refractivity (Wildman–Crippen MR) is 83.2 cm³/mol. The van der Waals surface area contributed by atoms with Gasteiger partial charge in [-0.1, -0.05) is 6.07 Å². The fourth-order valence-electron chi connectivity index (χ4n) is 2.11. The number of nitrogens with zero attached hydrogens (tertiary/aromatic N) is 4. The van der Waals surface area contributed by atoms with Gasteiger partial charge in [-0.05, 0) is 48.9 Å². The van der Waals surface area contributed by atoms with E-state index in [-0.39, 0.29) is 18.5 Å². The lowest BCUT2D eigenvalue weighted by molar-refractivity contribution is -0.122. The molecule has 1 aromatic heterocycles. The average molecular weight is 319 g/mol. The van der Waals surface area contributed by atoms with E-state index >= 15 is 0 Å². The Bertz CT molecular complexity index is 630. The van der Waals surface area contributed by atoms with Gasteiger partial charge in [0.05, 0.1) is 19.3 Å². The predicted octanol–water partition coefficient (Wildman–Crippen LogP) is 1.35. The molecule has 1 aromatic carbocycles. The van der Waals surface area contributed by atoms with Crippen molar-refractivity contribution < 1.29 is 14.3 Å². The standard InChI is InChI=1S/C15H21N5O3/c1-4-22-13-7-6-12(8-14(13)23-5-2)11(3)17-15(21)9-20-10-16-18-19-20/h6-8,10-11H,4-5,9H2,1-3H3,(H,17,21). The van der Waals surface area contributed by atoms with Crippen LogP contribution in [0.1, 0.15) is 32.4 Å². The summed E-state index contributed by atoms with van der Waals surface area (Å²) < 4.78 is 12.5. The molecule has 23 heavy (non-hydrogen) atoms. The summed E-state index contributed by atoms with van der Waals surface area (Å²) in [5, 5.41) is 13.6. The van der Waals surface area contributed by atoms with Gasteiger partial charge in [-0.15, -0.1) is 5.10 Å². The Morgan fingerprint density at radius 3 is 2.65 bits per heavy atom. The molecule has 0 saturated heterocycles. The Kier molecular flexibility index (Phi) is 5.90. The van der Waals surface area contributed by atoms with Crippen molar-refractivity contribution in [1.29, 1.82) is 0 Å². The largest absolute Gasteiger partial charge is 0.490 e. The van der Waals surface area contributed by atoms with E-state index in [9.17, 15) is 4.79 Å². The quantitative estimate of drug-likeness (QED) is 0.789. The van der Waals surface area contributed by atoms with Crippen LogP contribution in [0, 0.1) is 0 Å². The van der Waals surface area contributed by atoms with Gasteiger partial charge >= 0.3 is 0 Å². The van der Waals surface area contributed by atoms with Crippen LogP contribution >= 0.6 is 0 Å². The Morgan fingerprint density at radius 1 is 1.26 bits per heavy atom. The van der Waals surface area contributed by atoms with Crippen molar-refractivity contribution in [3.63, 3.8) is 0 Å². The summed E-state index contributed by atoms with van der Waals surface area (Å²) in [5.74, 6) is 1.20. The van der Waals surface area contributed by atoms with Crippen LogP contribution in [0.15, 0.2) is 24.5 Å². The molecule has 1 N–H and O–H groups in total. The fraction of sp³-hybridized carbons (Fsp3) is 0.467. The van der Waals surface area contributed by atoms with Crippen molar-refractivity contribution >= 4 is 5.91 Å². The topological polar surface area (TPSA) is 91.2 Å². The van der Waals surface area contributed by atoms with Crippen molar-refractivity contribution in [2.45, 2.75) is 33.4 Å². The van der Waals surface area contributed by atoms with E-state index in [1.54, 1.807) is 0 Å². The molecule has 0 aliphatic carbocycles. The molecule has 124 valence electrons. The van der Waals surface area contributed by atoms with Crippen LogP contribution in [0.3, 0.4) is 0 Å². The van der Waals surface area contributed by atoms with Crippen LogP contribution in [0.2, 0.25) is 0 Å². The molecule has 8 heteroatoms. The highest BCUT2D eigenvalue weighted by atomic mass is 16.5. The van der Waals surface area contributed by atoms with Gasteiger partial charge in [0.1, 0.15) is 12.9 Å². The van der Waals surface area contributed by atoms with Gasteiger partial charge in [-0.3, -0.25) is 4.79 Å². The number of carbonyl (C=O) groups excluding carboxylic acids is 1. The van der Waals surface area contributed by atoms with E-state index in [0.29, 0.717) is 24.7 Å². The van der Waals surface area contributed by atoms with E-state index in [1.165, 1.54) is 11.0 Å². The zero-order valence-corrected chi connectivity index (χ0v) is 13.5. The molecule has 1 atom stereocenters. The minimum Gasteiger partial charge on any atom is -0.490 e. The molecular weight excluding hydrogens is 298 g/mol. The van der Waals surface area contributed by atoms with Crippen LogP contribution < -0.4 is 14.8 Å². The third-order valence-electron chi connectivity index (χ3n) is 3.14. The number of hydrogen-bond donors (Lipinski definition) is 1. The monoisotopic (exact) mass is 319 g/mol. The molecule has 0 saturated carbocycles. The third kappa shape index (κ3) is 4.67. The number of nitrogens with one attached hydrogen (secondary N) is 1. The zero-order valence-electron chi connectivity index (χ0n) is 13.5. The lowest BCUT2D eigenvalue weighted by Gasteiger charge is -2.17. The van der Waals surface area contributed by atoms with E-state index < -0.39 is 0 Å². The lowest BCUT2D eigenvalue weighted by atomic mass is 10.1. The van der Waals surface area contributed by atoms with Crippen molar-refractivity contribution in [2.75, 3.05) is 13.2 Å². The van der Waals surface area contributed by atoms with E-state index in [0.717, 1.165) is 5.56 Å². The van der Waals surface area contributed by atoms with Gasteiger partial charge in [0.25, 0.3) is 0 Å². The molecular formula is C15H21N5O3. The maximum atomic E-state index is 12.0. The maximum Gasteiger partial charge on any atom is 0.242 e. The van der Waals surface area contributed by atoms with Crippen molar-refractivity contribution in [2.24, 2.45) is 0 Å². The molecule has 1 unspecified atom stereocenters. The Balaban J connectivity index is 2.04. The lowest BCUT2D eigenvalue weighted by Crippen LogP contribution is -2.30. The number of hydrogen-bond acceptors (Lipinski definition) is 6. The molecule has 0 aliphatic heterocycles. The number of carbonyl (C=O) groups is 1. The highest BCUT2D eigenvalue weighted by Gasteiger charge is 2.14. The Morgan fingerprint density at radius 2 is 2.00 bits per heavy atom. The molecule has 2 rings (SSSR count). The highest BCUT2D eigenvalue weighted by Crippen LogP contribution is 2.30. The first-order chi connectivity index (χ1) is 11.1. The van der Waals surface area contributed by atoms with Crippen LogP contribution in [-0.4, -0.2) is 39.3 Å². The summed E-state index contributed by atoms with van der Waals surface area (Å²) in [4.78, 5) is 12.0. The van der Waals surface area contributed by atoms with Gasteiger partial charge < -0.3 is 14.8 Å². The molecule has 0 aliphatic rings. The average Bonchev–Trinajstić information content (AvgIpc) is 3.02. The number of benzene rings is 1. The summed E-state index contributed by atoms with van der Waals surface area (Å²) in [5.41, 5.74) is 0.932. The summed E-state index contributed by atoms with van der Waals surface area (Å²) in [6.07, 6.45) is 1.40. The van der Waals surface area contributed by atoms with Gasteiger partial charge in [0.2, 0.25) is 5.91 Å². The Labute approximate surface area is 134 Å². The second kappa shape index (κ2) is 8.11. The fourth-order valence-corrected chi connectivity index (χ4v) is 2.11. The zero-order chi connectivity index (χ0) is 16.7. The molecule has 1 heterocycles. The van der Waals surface area contributed by atoms with Crippen LogP contribution in [0.5, 0.6) is 11.5 Å². The smallest absolute Gasteiger partial charge is 0.242 e. The molecule has 0 radical (unpaired) electrons. The summed E-state index contributed by atoms with van der Waals surface area (Å²) >= 11 is 0. The molecule has 0 spiro atoms. The van der Waals surface area contributed by atoms with Crippen LogP contribution in [0.25, 0.3) is 0 Å². The highest BCUT2D eigenvalue weighted by molar-refractivity contribution is 5.76. The summed E-state index contributed by atoms with van der Waals surface area (Å²) in [7, 11) is 0. The van der Waals surface area contributed by atoms with Gasteiger partial charge in [-0.2, -0.15) is 0 Å². The summed E-state index contributed by atoms with van der Waals surface area (Å²) in [6, 6.07) is 5.48. The molecule has 2 aromatic rings. The maximum absolute atomic E-state index is 12.0.